The number of benzene rings is 1. The third-order valence-corrected chi connectivity index (χ3v) is 2.55. The molecule has 0 aliphatic carbocycles. The third kappa shape index (κ3) is 2.91. The minimum Gasteiger partial charge on any atom is -0.419 e. The monoisotopic (exact) mass is 231 g/mol. The summed E-state index contributed by atoms with van der Waals surface area (Å²) in [7, 11) is 0. The molecule has 90 valence electrons. The second-order valence-corrected chi connectivity index (χ2v) is 3.99. The van der Waals surface area contributed by atoms with Gasteiger partial charge in [-0.05, 0) is 31.5 Å². The fourth-order valence-electron chi connectivity index (χ4n) is 1.62. The maximum absolute atomic E-state index is 5.61. The van der Waals surface area contributed by atoms with Crippen molar-refractivity contribution in [2.45, 2.75) is 26.8 Å². The normalized spacial score (nSPS) is 10.7. The molecule has 1 aromatic carbocycles. The average molecular weight is 231 g/mol. The molecular formula is C13H17N3O. The van der Waals surface area contributed by atoms with Gasteiger partial charge in [-0.15, -0.1) is 10.2 Å². The minimum absolute atomic E-state index is 0.594. The Morgan fingerprint density at radius 2 is 2.06 bits per heavy atom. The first-order valence-electron chi connectivity index (χ1n) is 5.90. The SMILES string of the molecule is CCCNCc1nnc(-c2ccccc2C)o1. The highest BCUT2D eigenvalue weighted by molar-refractivity contribution is 5.57. The molecule has 0 aliphatic rings. The summed E-state index contributed by atoms with van der Waals surface area (Å²) < 4.78 is 5.61. The van der Waals surface area contributed by atoms with Crippen LogP contribution in [0.1, 0.15) is 24.8 Å². The molecule has 0 saturated carbocycles. The quantitative estimate of drug-likeness (QED) is 0.803. The van der Waals surface area contributed by atoms with Crippen molar-refractivity contribution < 1.29 is 4.42 Å². The van der Waals surface area contributed by atoms with E-state index in [2.05, 4.69) is 22.4 Å². The molecule has 0 saturated heterocycles. The van der Waals surface area contributed by atoms with Crippen LogP contribution in [0.2, 0.25) is 0 Å². The molecule has 2 aromatic rings. The van der Waals surface area contributed by atoms with Gasteiger partial charge in [0.2, 0.25) is 11.8 Å². The van der Waals surface area contributed by atoms with E-state index in [1.807, 2.05) is 31.2 Å². The van der Waals surface area contributed by atoms with Gasteiger partial charge < -0.3 is 9.73 Å². The Morgan fingerprint density at radius 1 is 1.24 bits per heavy atom. The zero-order valence-corrected chi connectivity index (χ0v) is 10.2. The molecular weight excluding hydrogens is 214 g/mol. The van der Waals surface area contributed by atoms with Crippen molar-refractivity contribution in [1.82, 2.24) is 15.5 Å². The first-order chi connectivity index (χ1) is 8.31. The average Bonchev–Trinajstić information content (AvgIpc) is 2.79. The number of hydrogen-bond donors (Lipinski definition) is 1. The molecule has 17 heavy (non-hydrogen) atoms. The number of hydrogen-bond acceptors (Lipinski definition) is 4. The van der Waals surface area contributed by atoms with Crippen LogP contribution in [0.15, 0.2) is 28.7 Å². The molecule has 1 aromatic heterocycles. The van der Waals surface area contributed by atoms with E-state index >= 15 is 0 Å². The van der Waals surface area contributed by atoms with Crippen molar-refractivity contribution in [3.8, 4) is 11.5 Å². The van der Waals surface area contributed by atoms with Crippen molar-refractivity contribution in [3.63, 3.8) is 0 Å². The maximum Gasteiger partial charge on any atom is 0.248 e. The number of nitrogens with one attached hydrogen (secondary N) is 1. The lowest BCUT2D eigenvalue weighted by Crippen LogP contribution is -2.13. The Kier molecular flexibility index (Phi) is 3.88. The summed E-state index contributed by atoms with van der Waals surface area (Å²) in [5, 5.41) is 11.3. The molecule has 0 fully saturated rings. The van der Waals surface area contributed by atoms with E-state index in [1.165, 1.54) is 0 Å². The first kappa shape index (κ1) is 11.8. The third-order valence-electron chi connectivity index (χ3n) is 2.55. The molecule has 0 atom stereocenters. The molecule has 1 N–H and O–H groups in total. The van der Waals surface area contributed by atoms with E-state index < -0.39 is 0 Å². The molecule has 0 spiro atoms. The second-order valence-electron chi connectivity index (χ2n) is 3.99. The van der Waals surface area contributed by atoms with Gasteiger partial charge in [-0.2, -0.15) is 0 Å². The lowest BCUT2D eigenvalue weighted by atomic mass is 10.1. The van der Waals surface area contributed by atoms with Gasteiger partial charge in [-0.1, -0.05) is 25.1 Å². The highest BCUT2D eigenvalue weighted by Crippen LogP contribution is 2.21. The maximum atomic E-state index is 5.61. The lowest BCUT2D eigenvalue weighted by Gasteiger charge is -1.99. The number of aryl methyl sites for hydroxylation is 1. The van der Waals surface area contributed by atoms with Crippen molar-refractivity contribution in [2.75, 3.05) is 6.54 Å². The predicted molar refractivity (Wildman–Crippen MR) is 66.5 cm³/mol. The molecule has 4 nitrogen and oxygen atoms in total. The Hall–Kier alpha value is -1.68. The molecule has 0 aliphatic heterocycles. The highest BCUT2D eigenvalue weighted by atomic mass is 16.4. The lowest BCUT2D eigenvalue weighted by molar-refractivity contribution is 0.477. The van der Waals surface area contributed by atoms with Crippen LogP contribution in [-0.2, 0) is 6.54 Å². The van der Waals surface area contributed by atoms with Crippen LogP contribution in [0, 0.1) is 6.92 Å². The van der Waals surface area contributed by atoms with E-state index in [-0.39, 0.29) is 0 Å². The van der Waals surface area contributed by atoms with Gasteiger partial charge in [0.25, 0.3) is 0 Å². The van der Waals surface area contributed by atoms with E-state index in [0.717, 1.165) is 24.1 Å². The summed E-state index contributed by atoms with van der Waals surface area (Å²) in [5.74, 6) is 1.23. The van der Waals surface area contributed by atoms with Gasteiger partial charge in [0.15, 0.2) is 0 Å². The van der Waals surface area contributed by atoms with Crippen LogP contribution in [0.3, 0.4) is 0 Å². The van der Waals surface area contributed by atoms with Gasteiger partial charge in [0.05, 0.1) is 6.54 Å². The first-order valence-corrected chi connectivity index (χ1v) is 5.90. The standard InChI is InChI=1S/C13H17N3O/c1-3-8-14-9-12-15-16-13(17-12)11-7-5-4-6-10(11)2/h4-7,14H,3,8-9H2,1-2H3. The Labute approximate surface area is 101 Å². The van der Waals surface area contributed by atoms with Crippen molar-refractivity contribution in [1.29, 1.82) is 0 Å². The van der Waals surface area contributed by atoms with Gasteiger partial charge >= 0.3 is 0 Å². The summed E-state index contributed by atoms with van der Waals surface area (Å²) in [6.07, 6.45) is 1.10. The van der Waals surface area contributed by atoms with Crippen molar-refractivity contribution >= 4 is 0 Å². The van der Waals surface area contributed by atoms with Crippen LogP contribution < -0.4 is 5.32 Å². The summed E-state index contributed by atoms with van der Waals surface area (Å²) >= 11 is 0. The smallest absolute Gasteiger partial charge is 0.248 e. The summed E-state index contributed by atoms with van der Waals surface area (Å²) in [5.41, 5.74) is 2.14. The van der Waals surface area contributed by atoms with Crippen molar-refractivity contribution in [3.05, 3.63) is 35.7 Å². The van der Waals surface area contributed by atoms with E-state index in [1.54, 1.807) is 0 Å². The highest BCUT2D eigenvalue weighted by Gasteiger charge is 2.09. The Balaban J connectivity index is 2.10. The Bertz CT molecular complexity index is 479. The zero-order valence-electron chi connectivity index (χ0n) is 10.2. The largest absolute Gasteiger partial charge is 0.419 e. The van der Waals surface area contributed by atoms with Gasteiger partial charge in [-0.25, -0.2) is 0 Å². The predicted octanol–water partition coefficient (Wildman–Crippen LogP) is 2.54. The van der Waals surface area contributed by atoms with Crippen LogP contribution >= 0.6 is 0 Å². The van der Waals surface area contributed by atoms with Crippen LogP contribution in [0.4, 0.5) is 0 Å². The van der Waals surface area contributed by atoms with Crippen LogP contribution in [0.5, 0.6) is 0 Å². The molecule has 0 amide bonds. The topological polar surface area (TPSA) is 51.0 Å². The minimum atomic E-state index is 0.594. The van der Waals surface area contributed by atoms with Crippen LogP contribution in [0.25, 0.3) is 11.5 Å². The van der Waals surface area contributed by atoms with E-state index in [9.17, 15) is 0 Å². The molecule has 0 radical (unpaired) electrons. The summed E-state index contributed by atoms with van der Waals surface area (Å²) in [6, 6.07) is 8.00. The number of aromatic nitrogens is 2. The van der Waals surface area contributed by atoms with Gasteiger partial charge in [0, 0.05) is 5.56 Å². The second kappa shape index (κ2) is 5.59. The zero-order chi connectivity index (χ0) is 12.1. The Morgan fingerprint density at radius 3 is 2.82 bits per heavy atom. The van der Waals surface area contributed by atoms with E-state index in [4.69, 9.17) is 4.42 Å². The van der Waals surface area contributed by atoms with Gasteiger partial charge in [0.1, 0.15) is 0 Å². The fourth-order valence-corrected chi connectivity index (χ4v) is 1.62. The van der Waals surface area contributed by atoms with E-state index in [0.29, 0.717) is 18.3 Å². The van der Waals surface area contributed by atoms with Crippen molar-refractivity contribution in [2.24, 2.45) is 0 Å². The van der Waals surface area contributed by atoms with Crippen LogP contribution in [-0.4, -0.2) is 16.7 Å². The fraction of sp³-hybridized carbons (Fsp3) is 0.385. The molecule has 0 unspecified atom stereocenters. The molecule has 1 heterocycles. The summed E-state index contributed by atoms with van der Waals surface area (Å²) in [6.45, 7) is 5.75. The number of nitrogens with zero attached hydrogens (tertiary/aromatic N) is 2. The number of rotatable bonds is 5. The van der Waals surface area contributed by atoms with Gasteiger partial charge in [-0.3, -0.25) is 0 Å². The molecule has 4 heteroatoms. The summed E-state index contributed by atoms with van der Waals surface area (Å²) in [4.78, 5) is 0. The molecule has 0 bridgehead atoms. The molecule has 2 rings (SSSR count).